The lowest BCUT2D eigenvalue weighted by Gasteiger charge is -2.37. The van der Waals surface area contributed by atoms with E-state index >= 15 is 0 Å². The van der Waals surface area contributed by atoms with E-state index in [4.69, 9.17) is 16.3 Å². The second-order valence-electron chi connectivity index (χ2n) is 6.66. The Hall–Kier alpha value is -1.79. The van der Waals surface area contributed by atoms with Crippen molar-refractivity contribution in [1.82, 2.24) is 15.1 Å². The summed E-state index contributed by atoms with van der Waals surface area (Å²) in [6.45, 7) is 4.54. The average molecular weight is 379 g/mol. The molecule has 1 atom stereocenters. The van der Waals surface area contributed by atoms with Crippen LogP contribution in [0.2, 0.25) is 5.02 Å². The van der Waals surface area contributed by atoms with Crippen molar-refractivity contribution in [3.8, 4) is 0 Å². The standard InChI is InChI=1S/C19H27ClN4O2/c1-21-19(22-9-8-15-4-6-16(20)7-5-15)24-12-10-23(11-13-24)18(25)17-3-2-14-26-17/h4-7,17H,2-3,8-14H2,1H3,(H,21,22). The Morgan fingerprint density at radius 2 is 1.92 bits per heavy atom. The van der Waals surface area contributed by atoms with E-state index in [0.717, 1.165) is 63.0 Å². The molecule has 7 heteroatoms. The normalized spacial score (nSPS) is 21.2. The van der Waals surface area contributed by atoms with Crippen molar-refractivity contribution in [3.05, 3.63) is 34.9 Å². The van der Waals surface area contributed by atoms with Crippen LogP contribution in [0.1, 0.15) is 18.4 Å². The first kappa shape index (κ1) is 19.0. The number of ether oxygens (including phenoxy) is 1. The SMILES string of the molecule is CN=C(NCCc1ccc(Cl)cc1)N1CCN(C(=O)C2CCCO2)CC1. The zero-order chi connectivity index (χ0) is 18.4. The Morgan fingerprint density at radius 1 is 1.23 bits per heavy atom. The van der Waals surface area contributed by atoms with Gasteiger partial charge in [0.1, 0.15) is 6.10 Å². The molecule has 0 spiro atoms. The van der Waals surface area contributed by atoms with Crippen molar-refractivity contribution >= 4 is 23.5 Å². The van der Waals surface area contributed by atoms with E-state index in [9.17, 15) is 4.79 Å². The van der Waals surface area contributed by atoms with Gasteiger partial charge in [0, 0.05) is 51.4 Å². The predicted molar refractivity (Wildman–Crippen MR) is 104 cm³/mol. The summed E-state index contributed by atoms with van der Waals surface area (Å²) in [4.78, 5) is 20.9. The summed E-state index contributed by atoms with van der Waals surface area (Å²) in [5.41, 5.74) is 1.24. The van der Waals surface area contributed by atoms with Gasteiger partial charge < -0.3 is 19.9 Å². The van der Waals surface area contributed by atoms with Crippen molar-refractivity contribution in [2.75, 3.05) is 46.4 Å². The molecule has 0 saturated carbocycles. The zero-order valence-corrected chi connectivity index (χ0v) is 16.0. The Kier molecular flexibility index (Phi) is 6.74. The van der Waals surface area contributed by atoms with Crippen LogP contribution in [0, 0.1) is 0 Å². The Bertz CT molecular complexity index is 621. The number of aliphatic imine (C=N–C) groups is 1. The number of carbonyl (C=O) groups is 1. The third-order valence-corrected chi connectivity index (χ3v) is 5.17. The molecule has 2 aliphatic rings. The summed E-state index contributed by atoms with van der Waals surface area (Å²) in [5, 5.41) is 4.17. The zero-order valence-electron chi connectivity index (χ0n) is 15.3. The molecular weight excluding hydrogens is 352 g/mol. The number of hydrogen-bond donors (Lipinski definition) is 1. The molecule has 2 fully saturated rings. The predicted octanol–water partition coefficient (Wildman–Crippen LogP) is 1.78. The van der Waals surface area contributed by atoms with E-state index in [0.29, 0.717) is 6.61 Å². The fourth-order valence-electron chi connectivity index (χ4n) is 3.42. The van der Waals surface area contributed by atoms with E-state index < -0.39 is 0 Å². The average Bonchev–Trinajstić information content (AvgIpc) is 3.21. The van der Waals surface area contributed by atoms with Gasteiger partial charge in [-0.15, -0.1) is 0 Å². The minimum Gasteiger partial charge on any atom is -0.368 e. The van der Waals surface area contributed by atoms with E-state index in [-0.39, 0.29) is 12.0 Å². The van der Waals surface area contributed by atoms with E-state index in [1.165, 1.54) is 5.56 Å². The number of carbonyl (C=O) groups excluding carboxylic acids is 1. The van der Waals surface area contributed by atoms with Gasteiger partial charge >= 0.3 is 0 Å². The number of halogens is 1. The topological polar surface area (TPSA) is 57.2 Å². The number of hydrogen-bond acceptors (Lipinski definition) is 3. The minimum absolute atomic E-state index is 0.146. The highest BCUT2D eigenvalue weighted by Crippen LogP contribution is 2.16. The maximum atomic E-state index is 12.4. The van der Waals surface area contributed by atoms with Gasteiger partial charge in [0.2, 0.25) is 0 Å². The van der Waals surface area contributed by atoms with Gasteiger partial charge in [0.15, 0.2) is 5.96 Å². The fourth-order valence-corrected chi connectivity index (χ4v) is 3.54. The molecule has 1 unspecified atom stereocenters. The van der Waals surface area contributed by atoms with Crippen molar-refractivity contribution in [2.45, 2.75) is 25.4 Å². The van der Waals surface area contributed by atoms with Crippen molar-refractivity contribution in [3.63, 3.8) is 0 Å². The first-order valence-corrected chi connectivity index (χ1v) is 9.65. The number of guanidine groups is 1. The van der Waals surface area contributed by atoms with Crippen molar-refractivity contribution < 1.29 is 9.53 Å². The molecule has 26 heavy (non-hydrogen) atoms. The van der Waals surface area contributed by atoms with Crippen LogP contribution in [0.3, 0.4) is 0 Å². The molecule has 1 aromatic rings. The highest BCUT2D eigenvalue weighted by atomic mass is 35.5. The highest BCUT2D eigenvalue weighted by molar-refractivity contribution is 6.30. The Balaban J connectivity index is 1.43. The summed E-state index contributed by atoms with van der Waals surface area (Å²) in [7, 11) is 1.80. The molecule has 3 rings (SSSR count). The smallest absolute Gasteiger partial charge is 0.251 e. The molecule has 2 heterocycles. The second-order valence-corrected chi connectivity index (χ2v) is 7.10. The van der Waals surface area contributed by atoms with Gasteiger partial charge in [-0.05, 0) is 37.0 Å². The van der Waals surface area contributed by atoms with Crippen LogP contribution in [0.15, 0.2) is 29.3 Å². The molecule has 0 aliphatic carbocycles. The van der Waals surface area contributed by atoms with Crippen LogP contribution < -0.4 is 5.32 Å². The lowest BCUT2D eigenvalue weighted by molar-refractivity contribution is -0.142. The number of nitrogens with zero attached hydrogens (tertiary/aromatic N) is 3. The van der Waals surface area contributed by atoms with Gasteiger partial charge in [0.25, 0.3) is 5.91 Å². The van der Waals surface area contributed by atoms with Crippen LogP contribution in [-0.2, 0) is 16.0 Å². The molecule has 1 N–H and O–H groups in total. The highest BCUT2D eigenvalue weighted by Gasteiger charge is 2.30. The number of nitrogens with one attached hydrogen (secondary N) is 1. The van der Waals surface area contributed by atoms with Crippen molar-refractivity contribution in [2.24, 2.45) is 4.99 Å². The van der Waals surface area contributed by atoms with E-state index in [1.54, 1.807) is 7.05 Å². The van der Waals surface area contributed by atoms with Gasteiger partial charge in [-0.2, -0.15) is 0 Å². The first-order chi connectivity index (χ1) is 12.7. The fraction of sp³-hybridized carbons (Fsp3) is 0.579. The van der Waals surface area contributed by atoms with Crippen LogP contribution in [0.5, 0.6) is 0 Å². The van der Waals surface area contributed by atoms with Gasteiger partial charge in [0.05, 0.1) is 0 Å². The molecule has 0 bridgehead atoms. The Labute approximate surface area is 160 Å². The minimum atomic E-state index is -0.224. The summed E-state index contributed by atoms with van der Waals surface area (Å²) < 4.78 is 5.52. The summed E-state index contributed by atoms with van der Waals surface area (Å²) in [6.07, 6.45) is 2.53. The van der Waals surface area contributed by atoms with Crippen LogP contribution in [0.4, 0.5) is 0 Å². The molecule has 0 aromatic heterocycles. The molecule has 6 nitrogen and oxygen atoms in total. The first-order valence-electron chi connectivity index (χ1n) is 9.28. The molecule has 0 radical (unpaired) electrons. The number of amides is 1. The van der Waals surface area contributed by atoms with Crippen molar-refractivity contribution in [1.29, 1.82) is 0 Å². The third kappa shape index (κ3) is 4.89. The molecular formula is C19H27ClN4O2. The molecule has 1 amide bonds. The molecule has 142 valence electrons. The molecule has 2 saturated heterocycles. The quantitative estimate of drug-likeness (QED) is 0.641. The summed E-state index contributed by atoms with van der Waals surface area (Å²) >= 11 is 5.92. The van der Waals surface area contributed by atoms with Crippen LogP contribution in [-0.4, -0.2) is 74.1 Å². The maximum absolute atomic E-state index is 12.4. The molecule has 2 aliphatic heterocycles. The summed E-state index contributed by atoms with van der Waals surface area (Å²) in [5.74, 6) is 1.04. The summed E-state index contributed by atoms with van der Waals surface area (Å²) in [6, 6.07) is 7.91. The van der Waals surface area contributed by atoms with Gasteiger partial charge in [-0.1, -0.05) is 23.7 Å². The van der Waals surface area contributed by atoms with E-state index in [1.807, 2.05) is 29.2 Å². The Morgan fingerprint density at radius 3 is 2.54 bits per heavy atom. The largest absolute Gasteiger partial charge is 0.368 e. The number of piperazine rings is 1. The number of benzene rings is 1. The number of rotatable bonds is 4. The monoisotopic (exact) mass is 378 g/mol. The van der Waals surface area contributed by atoms with Crippen LogP contribution in [0.25, 0.3) is 0 Å². The lowest BCUT2D eigenvalue weighted by Crippen LogP contribution is -2.55. The lowest BCUT2D eigenvalue weighted by atomic mass is 10.1. The molecule has 1 aromatic carbocycles. The van der Waals surface area contributed by atoms with Gasteiger partial charge in [-0.3, -0.25) is 9.79 Å². The van der Waals surface area contributed by atoms with Gasteiger partial charge in [-0.25, -0.2) is 0 Å². The van der Waals surface area contributed by atoms with Crippen LogP contribution >= 0.6 is 11.6 Å². The maximum Gasteiger partial charge on any atom is 0.251 e. The third-order valence-electron chi connectivity index (χ3n) is 4.92. The second kappa shape index (κ2) is 9.24. The van der Waals surface area contributed by atoms with E-state index in [2.05, 4.69) is 15.2 Å².